The van der Waals surface area contributed by atoms with Crippen LogP contribution in [0.1, 0.15) is 131 Å². The summed E-state index contributed by atoms with van der Waals surface area (Å²) in [6.07, 6.45) is 20.1. The number of carbonyl (C=O) groups is 1. The molecule has 0 radical (unpaired) electrons. The second-order valence-corrected chi connectivity index (χ2v) is 15.0. The fourth-order valence-electron chi connectivity index (χ4n) is 10.7. The first-order chi connectivity index (χ1) is 17.1. The highest BCUT2D eigenvalue weighted by Gasteiger charge is 2.64. The highest BCUT2D eigenvalue weighted by molar-refractivity contribution is 5.77. The van der Waals surface area contributed by atoms with E-state index in [9.17, 15) is 4.79 Å². The molecule has 0 spiro atoms. The Labute approximate surface area is 222 Å². The van der Waals surface area contributed by atoms with Crippen LogP contribution >= 0.6 is 0 Å². The summed E-state index contributed by atoms with van der Waals surface area (Å²) in [4.78, 5) is 15.0. The van der Waals surface area contributed by atoms with Gasteiger partial charge in [-0.3, -0.25) is 4.79 Å². The van der Waals surface area contributed by atoms with E-state index < -0.39 is 0 Å². The van der Waals surface area contributed by atoms with Gasteiger partial charge in [0.25, 0.3) is 0 Å². The van der Waals surface area contributed by atoms with E-state index in [1.54, 1.807) is 0 Å². The van der Waals surface area contributed by atoms with Crippen molar-refractivity contribution in [3.8, 4) is 0 Å². The Bertz CT molecular complexity index is 774. The minimum atomic E-state index is 0.266. The first kappa shape index (κ1) is 27.0. The summed E-state index contributed by atoms with van der Waals surface area (Å²) in [5, 5.41) is 0. The molecule has 1 heterocycles. The third kappa shape index (κ3) is 4.71. The van der Waals surface area contributed by atoms with E-state index in [0.29, 0.717) is 41.4 Å². The average molecular weight is 500 g/mol. The zero-order chi connectivity index (χ0) is 25.7. The van der Waals surface area contributed by atoms with Gasteiger partial charge >= 0.3 is 0 Å². The van der Waals surface area contributed by atoms with Gasteiger partial charge in [-0.15, -0.1) is 0 Å². The third-order valence-electron chi connectivity index (χ3n) is 12.7. The molecule has 0 N–H and O–H groups in total. The van der Waals surface area contributed by atoms with Gasteiger partial charge in [-0.2, -0.15) is 0 Å². The highest BCUT2D eigenvalue weighted by atomic mass is 16.5. The van der Waals surface area contributed by atoms with Gasteiger partial charge in [0.2, 0.25) is 5.91 Å². The second kappa shape index (κ2) is 10.5. The first-order valence-electron chi connectivity index (χ1n) is 16.1. The molecule has 1 amide bonds. The molecular weight excluding hydrogens is 442 g/mol. The summed E-state index contributed by atoms with van der Waals surface area (Å²) >= 11 is 0. The standard InChI is InChI=1S/C33H57NO2/c1-22(2)11-10-12-23(3)25-15-16-26-31-27(17-19-32(25,26)4)33(5)20-18-30(35)34(6)29(33)21-28(31)36-24-13-8-7-9-14-24/h22-29,31H,7-21H2,1-6H3/t23?,25?,26?,27?,28?,29?,31?,32-,33-/m1/s1. The second-order valence-electron chi connectivity index (χ2n) is 15.0. The van der Waals surface area contributed by atoms with E-state index in [1.807, 2.05) is 0 Å². The third-order valence-corrected chi connectivity index (χ3v) is 12.7. The predicted octanol–water partition coefficient (Wildman–Crippen LogP) is 8.26. The molecule has 9 atom stereocenters. The maximum absolute atomic E-state index is 12.8. The van der Waals surface area contributed by atoms with Gasteiger partial charge < -0.3 is 9.64 Å². The normalized spacial score (nSPS) is 44.3. The van der Waals surface area contributed by atoms with Crippen molar-refractivity contribution < 1.29 is 9.53 Å². The van der Waals surface area contributed by atoms with Crippen LogP contribution < -0.4 is 0 Å². The molecule has 5 aliphatic rings. The van der Waals surface area contributed by atoms with Gasteiger partial charge in [0.05, 0.1) is 12.2 Å². The Morgan fingerprint density at radius 3 is 2.36 bits per heavy atom. The molecule has 4 aliphatic carbocycles. The molecule has 0 aromatic heterocycles. The Morgan fingerprint density at radius 2 is 1.64 bits per heavy atom. The van der Waals surface area contributed by atoms with E-state index in [-0.39, 0.29) is 5.41 Å². The van der Waals surface area contributed by atoms with Crippen LogP contribution in [0, 0.1) is 46.3 Å². The number of likely N-dealkylation sites (tertiary alicyclic amines) is 1. The fourth-order valence-corrected chi connectivity index (χ4v) is 10.7. The SMILES string of the molecule is CC(C)CCCC(C)C1CCC2C3C(OC4CCCCC4)CC4N(C)C(=O)CC[C@]4(C)C3CC[C@]12C. The smallest absolute Gasteiger partial charge is 0.222 e. The van der Waals surface area contributed by atoms with Gasteiger partial charge in [0, 0.05) is 19.5 Å². The summed E-state index contributed by atoms with van der Waals surface area (Å²) in [5.74, 6) is 5.14. The maximum atomic E-state index is 12.8. The molecule has 7 unspecified atom stereocenters. The van der Waals surface area contributed by atoms with Crippen molar-refractivity contribution in [2.75, 3.05) is 7.05 Å². The van der Waals surface area contributed by atoms with E-state index in [1.165, 1.54) is 77.0 Å². The van der Waals surface area contributed by atoms with E-state index >= 15 is 0 Å². The van der Waals surface area contributed by atoms with Crippen molar-refractivity contribution in [2.24, 2.45) is 46.3 Å². The molecule has 1 saturated heterocycles. The number of hydrogen-bond acceptors (Lipinski definition) is 2. The number of amides is 1. The molecule has 1 aliphatic heterocycles. The monoisotopic (exact) mass is 499 g/mol. The molecule has 206 valence electrons. The van der Waals surface area contributed by atoms with Crippen LogP contribution in [0.4, 0.5) is 0 Å². The number of nitrogens with zero attached hydrogens (tertiary/aromatic N) is 1. The highest BCUT2D eigenvalue weighted by Crippen LogP contribution is 2.67. The van der Waals surface area contributed by atoms with Crippen LogP contribution in [0.3, 0.4) is 0 Å². The molecule has 4 saturated carbocycles. The number of carbonyl (C=O) groups excluding carboxylic acids is 1. The van der Waals surface area contributed by atoms with Crippen LogP contribution in [0.5, 0.6) is 0 Å². The van der Waals surface area contributed by atoms with Crippen LogP contribution in [0.2, 0.25) is 0 Å². The average Bonchev–Trinajstić information content (AvgIpc) is 3.20. The Kier molecular flexibility index (Phi) is 7.91. The summed E-state index contributed by atoms with van der Waals surface area (Å²) in [6.45, 7) is 12.6. The lowest BCUT2D eigenvalue weighted by atomic mass is 9.45. The first-order valence-corrected chi connectivity index (χ1v) is 16.1. The Hall–Kier alpha value is -0.570. The van der Waals surface area contributed by atoms with Crippen molar-refractivity contribution in [1.29, 1.82) is 0 Å². The van der Waals surface area contributed by atoms with Crippen molar-refractivity contribution in [2.45, 2.75) is 149 Å². The van der Waals surface area contributed by atoms with Crippen molar-refractivity contribution in [3.63, 3.8) is 0 Å². The van der Waals surface area contributed by atoms with Gasteiger partial charge in [-0.05, 0) is 97.7 Å². The van der Waals surface area contributed by atoms with Crippen LogP contribution in [0.15, 0.2) is 0 Å². The number of fused-ring (bicyclic) bond motifs is 5. The lowest BCUT2D eigenvalue weighted by Crippen LogP contribution is -2.65. The zero-order valence-corrected chi connectivity index (χ0v) is 24.6. The van der Waals surface area contributed by atoms with Crippen molar-refractivity contribution in [3.05, 3.63) is 0 Å². The number of ether oxygens (including phenoxy) is 1. The number of rotatable bonds is 7. The fraction of sp³-hybridized carbons (Fsp3) is 0.970. The van der Waals surface area contributed by atoms with Gasteiger partial charge in [0.1, 0.15) is 0 Å². The van der Waals surface area contributed by atoms with Gasteiger partial charge in [0.15, 0.2) is 0 Å². The van der Waals surface area contributed by atoms with Crippen molar-refractivity contribution in [1.82, 2.24) is 4.90 Å². The molecule has 3 heteroatoms. The summed E-state index contributed by atoms with van der Waals surface area (Å²) in [6, 6.07) is 0.366. The van der Waals surface area contributed by atoms with Gasteiger partial charge in [-0.25, -0.2) is 0 Å². The van der Waals surface area contributed by atoms with Crippen LogP contribution in [-0.2, 0) is 9.53 Å². The minimum Gasteiger partial charge on any atom is -0.375 e. The maximum Gasteiger partial charge on any atom is 0.222 e. The zero-order valence-electron chi connectivity index (χ0n) is 24.6. The predicted molar refractivity (Wildman–Crippen MR) is 149 cm³/mol. The molecule has 5 rings (SSSR count). The van der Waals surface area contributed by atoms with Crippen LogP contribution in [0.25, 0.3) is 0 Å². The largest absolute Gasteiger partial charge is 0.375 e. The minimum absolute atomic E-state index is 0.266. The summed E-state index contributed by atoms with van der Waals surface area (Å²) in [5.41, 5.74) is 0.744. The summed E-state index contributed by atoms with van der Waals surface area (Å²) in [7, 11) is 2.10. The lowest BCUT2D eigenvalue weighted by Gasteiger charge is -2.64. The van der Waals surface area contributed by atoms with Crippen LogP contribution in [-0.4, -0.2) is 36.1 Å². The quantitative estimate of drug-likeness (QED) is 0.353. The lowest BCUT2D eigenvalue weighted by molar-refractivity contribution is -0.202. The molecule has 0 aromatic carbocycles. The number of hydrogen-bond donors (Lipinski definition) is 0. The van der Waals surface area contributed by atoms with E-state index in [0.717, 1.165) is 42.9 Å². The number of piperidine rings is 1. The van der Waals surface area contributed by atoms with E-state index in [4.69, 9.17) is 4.74 Å². The molecule has 36 heavy (non-hydrogen) atoms. The Morgan fingerprint density at radius 1 is 0.917 bits per heavy atom. The van der Waals surface area contributed by atoms with Gasteiger partial charge in [-0.1, -0.05) is 73.1 Å². The molecule has 0 aromatic rings. The molecule has 5 fully saturated rings. The molecule has 3 nitrogen and oxygen atoms in total. The Balaban J connectivity index is 1.40. The summed E-state index contributed by atoms with van der Waals surface area (Å²) < 4.78 is 7.18. The van der Waals surface area contributed by atoms with E-state index in [2.05, 4.69) is 46.6 Å². The van der Waals surface area contributed by atoms with Crippen molar-refractivity contribution >= 4 is 5.91 Å². The molecular formula is C33H57NO2. The topological polar surface area (TPSA) is 29.5 Å². The molecule has 0 bridgehead atoms.